The number of nitrogens with two attached hydrogens (primary N) is 1. The van der Waals surface area contributed by atoms with E-state index in [-0.39, 0.29) is 18.4 Å². The Morgan fingerprint density at radius 2 is 1.89 bits per heavy atom. The van der Waals surface area contributed by atoms with Gasteiger partial charge in [-0.25, -0.2) is 4.39 Å². The zero-order valence-corrected chi connectivity index (χ0v) is 9.99. The standard InChI is InChI=1S/C13H15FN2O2/c14-11-5-4-9(7-15)6-10(11)8-16-12(17)2-1-3-13(16)18/h4-6H,1-3,7-8,15H2. The van der Waals surface area contributed by atoms with Crippen molar-refractivity contribution in [2.75, 3.05) is 0 Å². The van der Waals surface area contributed by atoms with Gasteiger partial charge in [-0.2, -0.15) is 0 Å². The maximum Gasteiger partial charge on any atom is 0.229 e. The summed E-state index contributed by atoms with van der Waals surface area (Å²) in [7, 11) is 0. The van der Waals surface area contributed by atoms with Crippen molar-refractivity contribution in [3.8, 4) is 0 Å². The molecule has 2 N–H and O–H groups in total. The van der Waals surface area contributed by atoms with Crippen LogP contribution in [0.5, 0.6) is 0 Å². The maximum atomic E-state index is 13.6. The molecule has 18 heavy (non-hydrogen) atoms. The monoisotopic (exact) mass is 250 g/mol. The minimum Gasteiger partial charge on any atom is -0.326 e. The Hall–Kier alpha value is -1.75. The molecule has 1 fully saturated rings. The van der Waals surface area contributed by atoms with E-state index < -0.39 is 5.82 Å². The first kappa shape index (κ1) is 12.7. The van der Waals surface area contributed by atoms with Gasteiger partial charge in [-0.3, -0.25) is 14.5 Å². The number of amides is 2. The van der Waals surface area contributed by atoms with E-state index in [4.69, 9.17) is 5.73 Å². The van der Waals surface area contributed by atoms with Gasteiger partial charge < -0.3 is 5.73 Å². The Labute approximate surface area is 105 Å². The Morgan fingerprint density at radius 1 is 1.22 bits per heavy atom. The molecule has 1 saturated heterocycles. The van der Waals surface area contributed by atoms with E-state index in [9.17, 15) is 14.0 Å². The predicted octanol–water partition coefficient (Wildman–Crippen LogP) is 1.32. The van der Waals surface area contributed by atoms with Crippen LogP contribution in [0.25, 0.3) is 0 Å². The van der Waals surface area contributed by atoms with Crippen LogP contribution < -0.4 is 5.73 Å². The third-order valence-electron chi connectivity index (χ3n) is 3.06. The van der Waals surface area contributed by atoms with Crippen LogP contribution in [0.15, 0.2) is 18.2 Å². The zero-order chi connectivity index (χ0) is 13.1. The van der Waals surface area contributed by atoms with Gasteiger partial charge in [-0.15, -0.1) is 0 Å². The van der Waals surface area contributed by atoms with Crippen LogP contribution in [0.3, 0.4) is 0 Å². The molecule has 5 heteroatoms. The molecule has 2 amide bonds. The van der Waals surface area contributed by atoms with Gasteiger partial charge in [0.25, 0.3) is 0 Å². The molecule has 0 unspecified atom stereocenters. The van der Waals surface area contributed by atoms with Gasteiger partial charge in [-0.1, -0.05) is 6.07 Å². The van der Waals surface area contributed by atoms with Crippen LogP contribution in [0.1, 0.15) is 30.4 Å². The second kappa shape index (κ2) is 5.27. The van der Waals surface area contributed by atoms with Gasteiger partial charge in [-0.05, 0) is 24.1 Å². The number of halogens is 1. The van der Waals surface area contributed by atoms with Crippen molar-refractivity contribution >= 4 is 11.8 Å². The van der Waals surface area contributed by atoms with Gasteiger partial charge in [0, 0.05) is 24.9 Å². The molecule has 2 rings (SSSR count). The fraction of sp³-hybridized carbons (Fsp3) is 0.385. The van der Waals surface area contributed by atoms with Gasteiger partial charge >= 0.3 is 0 Å². The summed E-state index contributed by atoms with van der Waals surface area (Å²) in [6, 6.07) is 4.51. The lowest BCUT2D eigenvalue weighted by atomic mass is 10.1. The number of carbonyl (C=O) groups is 2. The van der Waals surface area contributed by atoms with E-state index in [2.05, 4.69) is 0 Å². The average Bonchev–Trinajstić information content (AvgIpc) is 2.36. The van der Waals surface area contributed by atoms with Crippen LogP contribution >= 0.6 is 0 Å². The van der Waals surface area contributed by atoms with Crippen molar-refractivity contribution in [3.63, 3.8) is 0 Å². The molecule has 0 spiro atoms. The maximum absolute atomic E-state index is 13.6. The number of hydrogen-bond donors (Lipinski definition) is 1. The first-order chi connectivity index (χ1) is 8.61. The molecule has 1 aromatic carbocycles. The third-order valence-corrected chi connectivity index (χ3v) is 3.06. The molecule has 0 aromatic heterocycles. The highest BCUT2D eigenvalue weighted by molar-refractivity contribution is 5.97. The summed E-state index contributed by atoms with van der Waals surface area (Å²) in [5, 5.41) is 0. The normalized spacial score (nSPS) is 16.2. The molecule has 1 aliphatic rings. The van der Waals surface area contributed by atoms with Crippen LogP contribution in [0, 0.1) is 5.82 Å². The van der Waals surface area contributed by atoms with E-state index in [1.165, 1.54) is 6.07 Å². The number of carbonyl (C=O) groups excluding carboxylic acids is 2. The molecule has 1 heterocycles. The van der Waals surface area contributed by atoms with Crippen LogP contribution in [0.4, 0.5) is 4.39 Å². The fourth-order valence-corrected chi connectivity index (χ4v) is 2.02. The largest absolute Gasteiger partial charge is 0.326 e. The predicted molar refractivity (Wildman–Crippen MR) is 63.7 cm³/mol. The van der Waals surface area contributed by atoms with Crippen molar-refractivity contribution in [1.29, 1.82) is 0 Å². The van der Waals surface area contributed by atoms with Crippen molar-refractivity contribution in [1.82, 2.24) is 4.90 Å². The summed E-state index contributed by atoms with van der Waals surface area (Å²) in [5.74, 6) is -0.883. The van der Waals surface area contributed by atoms with Crippen molar-refractivity contribution in [2.45, 2.75) is 32.4 Å². The smallest absolute Gasteiger partial charge is 0.229 e. The Kier molecular flexibility index (Phi) is 3.72. The Morgan fingerprint density at radius 3 is 2.50 bits per heavy atom. The van der Waals surface area contributed by atoms with Gasteiger partial charge in [0.15, 0.2) is 0 Å². The lowest BCUT2D eigenvalue weighted by molar-refractivity contribution is -0.148. The molecule has 0 saturated carbocycles. The minimum absolute atomic E-state index is 0.00264. The van der Waals surface area contributed by atoms with E-state index in [1.807, 2.05) is 0 Å². The number of imide groups is 1. The number of nitrogens with zero attached hydrogens (tertiary/aromatic N) is 1. The third kappa shape index (κ3) is 2.56. The number of piperidine rings is 1. The van der Waals surface area contributed by atoms with E-state index in [0.717, 1.165) is 10.5 Å². The first-order valence-electron chi connectivity index (χ1n) is 5.92. The molecular formula is C13H15FN2O2. The summed E-state index contributed by atoms with van der Waals surface area (Å²) in [5.41, 5.74) is 6.60. The molecule has 1 aromatic rings. The van der Waals surface area contributed by atoms with Crippen LogP contribution in [-0.2, 0) is 22.7 Å². The SMILES string of the molecule is NCc1ccc(F)c(CN2C(=O)CCCC2=O)c1. The molecule has 96 valence electrons. The quantitative estimate of drug-likeness (QED) is 0.823. The summed E-state index contributed by atoms with van der Waals surface area (Å²) in [4.78, 5) is 24.4. The molecule has 0 bridgehead atoms. The average molecular weight is 250 g/mol. The number of rotatable bonds is 3. The fourth-order valence-electron chi connectivity index (χ4n) is 2.02. The van der Waals surface area contributed by atoms with Crippen molar-refractivity contribution < 1.29 is 14.0 Å². The van der Waals surface area contributed by atoms with Crippen LogP contribution in [-0.4, -0.2) is 16.7 Å². The highest BCUT2D eigenvalue weighted by atomic mass is 19.1. The second-order valence-electron chi connectivity index (χ2n) is 4.36. The van der Waals surface area contributed by atoms with Crippen LogP contribution in [0.2, 0.25) is 0 Å². The lowest BCUT2D eigenvalue weighted by Crippen LogP contribution is -2.39. The Bertz CT molecular complexity index is 472. The molecule has 1 aliphatic heterocycles. The molecule has 0 atom stereocenters. The lowest BCUT2D eigenvalue weighted by Gasteiger charge is -2.25. The minimum atomic E-state index is -0.418. The van der Waals surface area contributed by atoms with Gasteiger partial charge in [0.2, 0.25) is 11.8 Å². The molecule has 0 aliphatic carbocycles. The summed E-state index contributed by atoms with van der Waals surface area (Å²) in [6.45, 7) is 0.298. The van der Waals surface area contributed by atoms with E-state index in [1.54, 1.807) is 12.1 Å². The number of benzene rings is 1. The number of hydrogen-bond acceptors (Lipinski definition) is 3. The first-order valence-corrected chi connectivity index (χ1v) is 5.92. The van der Waals surface area contributed by atoms with Gasteiger partial charge in [0.1, 0.15) is 5.82 Å². The highest BCUT2D eigenvalue weighted by Crippen LogP contribution is 2.18. The molecule has 0 radical (unpaired) electrons. The highest BCUT2D eigenvalue weighted by Gasteiger charge is 2.26. The summed E-state index contributed by atoms with van der Waals surface area (Å²) in [6.07, 6.45) is 1.29. The van der Waals surface area contributed by atoms with Crippen molar-refractivity contribution in [2.24, 2.45) is 5.73 Å². The van der Waals surface area contributed by atoms with E-state index in [0.29, 0.717) is 31.4 Å². The Balaban J connectivity index is 2.22. The number of likely N-dealkylation sites (tertiary alicyclic amines) is 1. The summed E-state index contributed by atoms with van der Waals surface area (Å²) >= 11 is 0. The zero-order valence-electron chi connectivity index (χ0n) is 9.99. The van der Waals surface area contributed by atoms with Crippen molar-refractivity contribution in [3.05, 3.63) is 35.1 Å². The topological polar surface area (TPSA) is 63.4 Å². The second-order valence-corrected chi connectivity index (χ2v) is 4.36. The van der Waals surface area contributed by atoms with E-state index >= 15 is 0 Å². The summed E-state index contributed by atoms with van der Waals surface area (Å²) < 4.78 is 13.6. The molecule has 4 nitrogen and oxygen atoms in total. The van der Waals surface area contributed by atoms with Gasteiger partial charge in [0.05, 0.1) is 6.54 Å². The molecular weight excluding hydrogens is 235 g/mol.